The molecular formula is C19H15FN4O3S. The van der Waals surface area contributed by atoms with Crippen LogP contribution in [-0.2, 0) is 0 Å². The second kappa shape index (κ2) is 7.35. The number of nitro groups is 1. The average Bonchev–Trinajstić information content (AvgIpc) is 3.38. The number of halogens is 1. The van der Waals surface area contributed by atoms with Gasteiger partial charge >= 0.3 is 0 Å². The number of amides is 1. The van der Waals surface area contributed by atoms with Gasteiger partial charge in [0.15, 0.2) is 5.13 Å². The number of aromatic nitrogens is 1. The Morgan fingerprint density at radius 2 is 2.04 bits per heavy atom. The van der Waals surface area contributed by atoms with E-state index in [-0.39, 0.29) is 22.4 Å². The zero-order chi connectivity index (χ0) is 19.7. The third-order valence-corrected chi connectivity index (χ3v) is 5.03. The SMILES string of the molecule is O=C(Nc1nc(-c2ccccc2F)cs1)c1ccc(NC2CC2)c([N+](=O)[O-])c1. The molecule has 1 aromatic heterocycles. The van der Waals surface area contributed by atoms with E-state index in [0.29, 0.717) is 16.9 Å². The summed E-state index contributed by atoms with van der Waals surface area (Å²) in [7, 11) is 0. The Kier molecular flexibility index (Phi) is 4.74. The zero-order valence-corrected chi connectivity index (χ0v) is 15.3. The van der Waals surface area contributed by atoms with E-state index in [2.05, 4.69) is 15.6 Å². The van der Waals surface area contributed by atoms with Crippen LogP contribution < -0.4 is 10.6 Å². The van der Waals surface area contributed by atoms with Crippen LogP contribution in [0.2, 0.25) is 0 Å². The summed E-state index contributed by atoms with van der Waals surface area (Å²) in [5.41, 5.74) is 1.15. The minimum atomic E-state index is -0.518. The molecule has 3 aromatic rings. The van der Waals surface area contributed by atoms with Gasteiger partial charge in [-0.2, -0.15) is 0 Å². The summed E-state index contributed by atoms with van der Waals surface area (Å²) >= 11 is 1.15. The number of nitro benzene ring substituents is 1. The second-order valence-electron chi connectivity index (χ2n) is 6.38. The Morgan fingerprint density at radius 3 is 2.75 bits per heavy atom. The van der Waals surface area contributed by atoms with E-state index in [1.165, 1.54) is 24.3 Å². The van der Waals surface area contributed by atoms with Crippen LogP contribution in [0.15, 0.2) is 47.8 Å². The number of carbonyl (C=O) groups excluding carboxylic acids is 1. The molecule has 2 aromatic carbocycles. The minimum Gasteiger partial charge on any atom is -0.377 e. The van der Waals surface area contributed by atoms with E-state index >= 15 is 0 Å². The maximum absolute atomic E-state index is 13.9. The first-order valence-electron chi connectivity index (χ1n) is 8.58. The fourth-order valence-corrected chi connectivity index (χ4v) is 3.39. The maximum Gasteiger partial charge on any atom is 0.293 e. The number of carbonyl (C=O) groups is 1. The Hall–Kier alpha value is -3.33. The fourth-order valence-electron chi connectivity index (χ4n) is 2.69. The highest BCUT2D eigenvalue weighted by atomic mass is 32.1. The average molecular weight is 398 g/mol. The largest absolute Gasteiger partial charge is 0.377 e. The molecule has 0 spiro atoms. The predicted molar refractivity (Wildman–Crippen MR) is 105 cm³/mol. The molecule has 28 heavy (non-hydrogen) atoms. The van der Waals surface area contributed by atoms with Crippen LogP contribution in [0.1, 0.15) is 23.2 Å². The first kappa shape index (κ1) is 18.1. The van der Waals surface area contributed by atoms with Crippen LogP contribution >= 0.6 is 11.3 Å². The van der Waals surface area contributed by atoms with Gasteiger partial charge in [-0.25, -0.2) is 9.37 Å². The highest BCUT2D eigenvalue weighted by Crippen LogP contribution is 2.32. The molecule has 1 heterocycles. The van der Waals surface area contributed by atoms with Gasteiger partial charge in [-0.1, -0.05) is 12.1 Å². The van der Waals surface area contributed by atoms with E-state index in [4.69, 9.17) is 0 Å². The molecule has 0 bridgehead atoms. The van der Waals surface area contributed by atoms with Gasteiger partial charge in [0, 0.05) is 28.6 Å². The number of nitrogens with zero attached hydrogens (tertiary/aromatic N) is 2. The molecule has 4 rings (SSSR count). The molecule has 9 heteroatoms. The molecule has 1 fully saturated rings. The summed E-state index contributed by atoms with van der Waals surface area (Å²) in [6, 6.07) is 10.8. The zero-order valence-electron chi connectivity index (χ0n) is 14.5. The van der Waals surface area contributed by atoms with E-state index < -0.39 is 16.6 Å². The molecule has 1 saturated carbocycles. The molecule has 7 nitrogen and oxygen atoms in total. The summed E-state index contributed by atoms with van der Waals surface area (Å²) in [6.45, 7) is 0. The lowest BCUT2D eigenvalue weighted by Crippen LogP contribution is -2.13. The third kappa shape index (κ3) is 3.84. The van der Waals surface area contributed by atoms with Crippen molar-refractivity contribution < 1.29 is 14.1 Å². The van der Waals surface area contributed by atoms with Crippen molar-refractivity contribution in [1.82, 2.24) is 4.98 Å². The summed E-state index contributed by atoms with van der Waals surface area (Å²) < 4.78 is 13.9. The number of thiazole rings is 1. The van der Waals surface area contributed by atoms with Gasteiger partial charge in [0.1, 0.15) is 11.5 Å². The van der Waals surface area contributed by atoms with Crippen molar-refractivity contribution >= 4 is 33.8 Å². The lowest BCUT2D eigenvalue weighted by molar-refractivity contribution is -0.384. The van der Waals surface area contributed by atoms with Gasteiger partial charge in [0.25, 0.3) is 11.6 Å². The first-order chi connectivity index (χ1) is 13.5. The normalized spacial score (nSPS) is 13.2. The highest BCUT2D eigenvalue weighted by molar-refractivity contribution is 7.14. The summed E-state index contributed by atoms with van der Waals surface area (Å²) in [5.74, 6) is -0.921. The van der Waals surface area contributed by atoms with Crippen LogP contribution in [0.25, 0.3) is 11.3 Å². The van der Waals surface area contributed by atoms with E-state index in [0.717, 1.165) is 24.2 Å². The molecule has 0 aliphatic heterocycles. The number of nitrogens with one attached hydrogen (secondary N) is 2. The lowest BCUT2D eigenvalue weighted by atomic mass is 10.1. The Morgan fingerprint density at radius 1 is 1.25 bits per heavy atom. The van der Waals surface area contributed by atoms with Gasteiger partial charge in [0.05, 0.1) is 10.6 Å². The molecule has 0 saturated heterocycles. The van der Waals surface area contributed by atoms with Crippen LogP contribution in [0.3, 0.4) is 0 Å². The maximum atomic E-state index is 13.9. The number of hydrogen-bond donors (Lipinski definition) is 2. The fraction of sp³-hybridized carbons (Fsp3) is 0.158. The van der Waals surface area contributed by atoms with Crippen molar-refractivity contribution in [3.05, 3.63) is 69.3 Å². The summed E-state index contributed by atoms with van der Waals surface area (Å²) in [4.78, 5) is 27.5. The number of rotatable bonds is 6. The smallest absolute Gasteiger partial charge is 0.293 e. The predicted octanol–water partition coefficient (Wildman–Crippen LogP) is 4.68. The van der Waals surface area contributed by atoms with Crippen LogP contribution in [0.5, 0.6) is 0 Å². The van der Waals surface area contributed by atoms with Crippen LogP contribution in [-0.4, -0.2) is 21.9 Å². The molecule has 1 aliphatic rings. The molecule has 0 unspecified atom stereocenters. The van der Waals surface area contributed by atoms with Gasteiger partial charge in [-0.15, -0.1) is 11.3 Å². The van der Waals surface area contributed by atoms with Gasteiger partial charge in [-0.3, -0.25) is 20.2 Å². The van der Waals surface area contributed by atoms with Gasteiger partial charge in [0.2, 0.25) is 0 Å². The number of hydrogen-bond acceptors (Lipinski definition) is 6. The molecular weight excluding hydrogens is 383 g/mol. The minimum absolute atomic E-state index is 0.147. The lowest BCUT2D eigenvalue weighted by Gasteiger charge is -2.07. The Bertz CT molecular complexity index is 1060. The van der Waals surface area contributed by atoms with E-state index in [1.54, 1.807) is 23.6 Å². The molecule has 0 radical (unpaired) electrons. The van der Waals surface area contributed by atoms with Crippen molar-refractivity contribution in [1.29, 1.82) is 0 Å². The summed E-state index contributed by atoms with van der Waals surface area (Å²) in [6.07, 6.45) is 1.96. The molecule has 2 N–H and O–H groups in total. The molecule has 142 valence electrons. The van der Waals surface area contributed by atoms with Gasteiger partial charge < -0.3 is 5.32 Å². The Balaban J connectivity index is 1.53. The molecule has 1 amide bonds. The summed E-state index contributed by atoms with van der Waals surface area (Å²) in [5, 5.41) is 19.0. The van der Waals surface area contributed by atoms with Gasteiger partial charge in [-0.05, 0) is 37.1 Å². The first-order valence-corrected chi connectivity index (χ1v) is 9.46. The second-order valence-corrected chi connectivity index (χ2v) is 7.24. The monoisotopic (exact) mass is 398 g/mol. The van der Waals surface area contributed by atoms with Crippen LogP contribution in [0, 0.1) is 15.9 Å². The van der Waals surface area contributed by atoms with Crippen molar-refractivity contribution in [3.63, 3.8) is 0 Å². The Labute approximate surface area is 163 Å². The molecule has 1 aliphatic carbocycles. The standard InChI is InChI=1S/C19H15FN4O3S/c20-14-4-2-1-3-13(14)16-10-28-19(22-16)23-18(25)11-5-8-15(21-12-6-7-12)17(9-11)24(26)27/h1-5,8-10,12,21H,6-7H2,(H,22,23,25). The molecule has 0 atom stereocenters. The van der Waals surface area contributed by atoms with Crippen molar-refractivity contribution in [2.45, 2.75) is 18.9 Å². The quantitative estimate of drug-likeness (QED) is 0.464. The topological polar surface area (TPSA) is 97.2 Å². The van der Waals surface area contributed by atoms with E-state index in [1.807, 2.05) is 0 Å². The number of anilines is 2. The third-order valence-electron chi connectivity index (χ3n) is 4.27. The van der Waals surface area contributed by atoms with E-state index in [9.17, 15) is 19.3 Å². The van der Waals surface area contributed by atoms with Crippen molar-refractivity contribution in [2.75, 3.05) is 10.6 Å². The van der Waals surface area contributed by atoms with Crippen LogP contribution in [0.4, 0.5) is 20.9 Å². The van der Waals surface area contributed by atoms with Crippen molar-refractivity contribution in [3.8, 4) is 11.3 Å². The van der Waals surface area contributed by atoms with Crippen molar-refractivity contribution in [2.24, 2.45) is 0 Å². The number of benzene rings is 2. The highest BCUT2D eigenvalue weighted by Gasteiger charge is 2.25.